The van der Waals surface area contributed by atoms with E-state index in [-0.39, 0.29) is 24.2 Å². The van der Waals surface area contributed by atoms with Crippen LogP contribution in [0.25, 0.3) is 0 Å². The lowest BCUT2D eigenvalue weighted by Gasteiger charge is -2.12. The quantitative estimate of drug-likeness (QED) is 0.739. The maximum atomic E-state index is 11.5. The van der Waals surface area contributed by atoms with Crippen molar-refractivity contribution in [3.8, 4) is 5.75 Å². The normalized spacial score (nSPS) is 11.2. The highest BCUT2D eigenvalue weighted by Crippen LogP contribution is 2.07. The van der Waals surface area contributed by atoms with Gasteiger partial charge in [-0.25, -0.2) is 0 Å². The van der Waals surface area contributed by atoms with E-state index in [2.05, 4.69) is 10.6 Å². The molecule has 0 aliphatic carbocycles. The Morgan fingerprint density at radius 3 is 2.61 bits per heavy atom. The molecule has 0 radical (unpaired) electrons. The Kier molecular flexibility index (Phi) is 9.06. The molecule has 1 aromatic carbocycles. The summed E-state index contributed by atoms with van der Waals surface area (Å²) in [6.45, 7) is 3.60. The van der Waals surface area contributed by atoms with E-state index in [4.69, 9.17) is 4.74 Å². The van der Waals surface area contributed by atoms with Crippen molar-refractivity contribution in [2.24, 2.45) is 5.92 Å². The van der Waals surface area contributed by atoms with Gasteiger partial charge in [0.1, 0.15) is 12.4 Å². The molecule has 1 unspecified atom stereocenters. The van der Waals surface area contributed by atoms with E-state index in [1.807, 2.05) is 44.3 Å². The van der Waals surface area contributed by atoms with Crippen LogP contribution >= 0.6 is 12.4 Å². The highest BCUT2D eigenvalue weighted by molar-refractivity contribution is 5.85. The van der Waals surface area contributed by atoms with Gasteiger partial charge in [0.05, 0.1) is 6.54 Å². The lowest BCUT2D eigenvalue weighted by Crippen LogP contribution is -2.36. The van der Waals surface area contributed by atoms with Crippen LogP contribution in [0, 0.1) is 5.92 Å². The highest BCUT2D eigenvalue weighted by Gasteiger charge is 2.10. The number of ether oxygens (including phenoxy) is 1. The minimum atomic E-state index is -0.0169. The fourth-order valence-corrected chi connectivity index (χ4v) is 1.43. The monoisotopic (exact) mass is 272 g/mol. The molecule has 0 fully saturated rings. The lowest BCUT2D eigenvalue weighted by molar-refractivity contribution is -0.124. The third kappa shape index (κ3) is 6.47. The van der Waals surface area contributed by atoms with Crippen molar-refractivity contribution in [3.63, 3.8) is 0 Å². The minimum absolute atomic E-state index is 0. The Bertz CT molecular complexity index is 333. The van der Waals surface area contributed by atoms with Gasteiger partial charge in [0.25, 0.3) is 0 Å². The first-order valence-corrected chi connectivity index (χ1v) is 5.84. The van der Waals surface area contributed by atoms with Crippen LogP contribution in [0.3, 0.4) is 0 Å². The summed E-state index contributed by atoms with van der Waals surface area (Å²) in [6, 6.07) is 9.57. The molecule has 0 heterocycles. The molecule has 0 saturated carbocycles. The minimum Gasteiger partial charge on any atom is -0.492 e. The molecule has 0 saturated heterocycles. The van der Waals surface area contributed by atoms with Crippen molar-refractivity contribution < 1.29 is 9.53 Å². The summed E-state index contributed by atoms with van der Waals surface area (Å²) in [5.74, 6) is 0.859. The third-order valence-corrected chi connectivity index (χ3v) is 2.37. The summed E-state index contributed by atoms with van der Waals surface area (Å²) in [6.07, 6.45) is 0. The largest absolute Gasteiger partial charge is 0.492 e. The number of rotatable bonds is 7. The van der Waals surface area contributed by atoms with Crippen LogP contribution in [0.15, 0.2) is 30.3 Å². The van der Waals surface area contributed by atoms with Crippen LogP contribution in [0.5, 0.6) is 5.75 Å². The van der Waals surface area contributed by atoms with Gasteiger partial charge in [-0.2, -0.15) is 0 Å². The Balaban J connectivity index is 0.00000289. The number of para-hydroxylation sites is 1. The number of amides is 1. The number of carbonyl (C=O) groups is 1. The first-order valence-electron chi connectivity index (χ1n) is 5.84. The maximum Gasteiger partial charge on any atom is 0.224 e. The van der Waals surface area contributed by atoms with E-state index in [0.717, 1.165) is 5.75 Å². The van der Waals surface area contributed by atoms with Gasteiger partial charge in [-0.3, -0.25) is 4.79 Å². The first-order chi connectivity index (χ1) is 8.24. The predicted molar refractivity (Wildman–Crippen MR) is 75.3 cm³/mol. The molecule has 0 bridgehead atoms. The van der Waals surface area contributed by atoms with Crippen LogP contribution in [0.1, 0.15) is 6.92 Å². The van der Waals surface area contributed by atoms with Crippen LogP contribution in [0.4, 0.5) is 0 Å². The zero-order valence-corrected chi connectivity index (χ0v) is 11.6. The lowest BCUT2D eigenvalue weighted by atomic mass is 10.1. The van der Waals surface area contributed by atoms with E-state index in [1.165, 1.54) is 0 Å². The smallest absolute Gasteiger partial charge is 0.224 e. The molecule has 0 aromatic heterocycles. The molecule has 0 aliphatic rings. The standard InChI is InChI=1S/C13H20N2O2.ClH/c1-11(10-14-2)13(16)15-8-9-17-12-6-4-3-5-7-12;/h3-7,11,14H,8-10H2,1-2H3,(H,15,16);1H. The molecule has 1 amide bonds. The fraction of sp³-hybridized carbons (Fsp3) is 0.462. The Hall–Kier alpha value is -1.26. The summed E-state index contributed by atoms with van der Waals surface area (Å²) in [5.41, 5.74) is 0. The second-order valence-corrected chi connectivity index (χ2v) is 3.91. The molecular weight excluding hydrogens is 252 g/mol. The van der Waals surface area contributed by atoms with Crippen molar-refractivity contribution in [3.05, 3.63) is 30.3 Å². The van der Waals surface area contributed by atoms with Gasteiger partial charge >= 0.3 is 0 Å². The average Bonchev–Trinajstić information content (AvgIpc) is 2.36. The molecule has 0 spiro atoms. The number of hydrogen-bond donors (Lipinski definition) is 2. The Morgan fingerprint density at radius 2 is 2.00 bits per heavy atom. The van der Waals surface area contributed by atoms with Gasteiger partial charge in [0, 0.05) is 12.5 Å². The summed E-state index contributed by atoms with van der Waals surface area (Å²) in [7, 11) is 1.84. The molecule has 1 atom stereocenters. The van der Waals surface area contributed by atoms with Gasteiger partial charge in [-0.05, 0) is 19.2 Å². The summed E-state index contributed by atoms with van der Waals surface area (Å²) >= 11 is 0. The summed E-state index contributed by atoms with van der Waals surface area (Å²) in [5, 5.41) is 5.81. The van der Waals surface area contributed by atoms with Gasteiger partial charge in [0.2, 0.25) is 5.91 Å². The summed E-state index contributed by atoms with van der Waals surface area (Å²) in [4.78, 5) is 11.5. The van der Waals surface area contributed by atoms with E-state index in [9.17, 15) is 4.79 Å². The topological polar surface area (TPSA) is 50.4 Å². The first kappa shape index (κ1) is 16.7. The predicted octanol–water partition coefficient (Wildman–Crippen LogP) is 1.46. The van der Waals surface area contributed by atoms with E-state index < -0.39 is 0 Å². The summed E-state index contributed by atoms with van der Waals surface area (Å²) < 4.78 is 5.47. The van der Waals surface area contributed by atoms with Crippen LogP contribution in [-0.4, -0.2) is 32.7 Å². The molecule has 1 aromatic rings. The molecule has 4 nitrogen and oxygen atoms in total. The number of nitrogens with one attached hydrogen (secondary N) is 2. The van der Waals surface area contributed by atoms with Crippen LogP contribution in [-0.2, 0) is 4.79 Å². The maximum absolute atomic E-state index is 11.5. The zero-order valence-electron chi connectivity index (χ0n) is 10.8. The second-order valence-electron chi connectivity index (χ2n) is 3.91. The van der Waals surface area contributed by atoms with Gasteiger partial charge in [0.15, 0.2) is 0 Å². The van der Waals surface area contributed by atoms with E-state index >= 15 is 0 Å². The molecule has 0 aliphatic heterocycles. The van der Waals surface area contributed by atoms with Crippen LogP contribution < -0.4 is 15.4 Å². The Labute approximate surface area is 115 Å². The van der Waals surface area contributed by atoms with Crippen molar-refractivity contribution >= 4 is 18.3 Å². The fourth-order valence-electron chi connectivity index (χ4n) is 1.43. The molecular formula is C13H21ClN2O2. The number of hydrogen-bond acceptors (Lipinski definition) is 3. The third-order valence-electron chi connectivity index (χ3n) is 2.37. The van der Waals surface area contributed by atoms with Crippen LogP contribution in [0.2, 0.25) is 0 Å². The van der Waals surface area contributed by atoms with Crippen molar-refractivity contribution in [1.29, 1.82) is 0 Å². The number of halogens is 1. The van der Waals surface area contributed by atoms with Gasteiger partial charge in [-0.1, -0.05) is 25.1 Å². The number of benzene rings is 1. The van der Waals surface area contributed by atoms with Gasteiger partial charge in [-0.15, -0.1) is 12.4 Å². The highest BCUT2D eigenvalue weighted by atomic mass is 35.5. The van der Waals surface area contributed by atoms with E-state index in [1.54, 1.807) is 0 Å². The molecule has 2 N–H and O–H groups in total. The zero-order chi connectivity index (χ0) is 12.5. The average molecular weight is 273 g/mol. The SMILES string of the molecule is CNCC(C)C(=O)NCCOc1ccccc1.Cl. The Morgan fingerprint density at radius 1 is 1.33 bits per heavy atom. The molecule has 102 valence electrons. The molecule has 1 rings (SSSR count). The molecule has 18 heavy (non-hydrogen) atoms. The van der Waals surface area contributed by atoms with Crippen molar-refractivity contribution in [2.45, 2.75) is 6.92 Å². The number of carbonyl (C=O) groups excluding carboxylic acids is 1. The van der Waals surface area contributed by atoms with Crippen molar-refractivity contribution in [1.82, 2.24) is 10.6 Å². The second kappa shape index (κ2) is 9.74. The van der Waals surface area contributed by atoms with Gasteiger partial charge < -0.3 is 15.4 Å². The van der Waals surface area contributed by atoms with Crippen molar-refractivity contribution in [2.75, 3.05) is 26.7 Å². The molecule has 5 heteroatoms. The van der Waals surface area contributed by atoms with E-state index in [0.29, 0.717) is 19.7 Å².